The molecule has 0 aromatic carbocycles. The van der Waals surface area contributed by atoms with Crippen LogP contribution in [-0.4, -0.2) is 30.4 Å². The van der Waals surface area contributed by atoms with E-state index in [1.54, 1.807) is 0 Å². The summed E-state index contributed by atoms with van der Waals surface area (Å²) in [5.74, 6) is 0.305. The second-order valence-corrected chi connectivity index (χ2v) is 3.84. The second-order valence-electron chi connectivity index (χ2n) is 3.84. The van der Waals surface area contributed by atoms with E-state index in [1.165, 1.54) is 12.8 Å². The summed E-state index contributed by atoms with van der Waals surface area (Å²) in [6.07, 6.45) is 6.22. The number of carbonyl (C=O) groups excluding carboxylic acids is 1. The molecule has 0 atom stereocenters. The molecule has 13 heavy (non-hydrogen) atoms. The summed E-state index contributed by atoms with van der Waals surface area (Å²) in [5.41, 5.74) is 5.37. The highest BCUT2D eigenvalue weighted by Crippen LogP contribution is 2.25. The van der Waals surface area contributed by atoms with Crippen molar-refractivity contribution in [2.75, 3.05) is 13.6 Å². The maximum atomic E-state index is 11.5. The Morgan fingerprint density at radius 2 is 2.08 bits per heavy atom. The van der Waals surface area contributed by atoms with E-state index in [2.05, 4.69) is 0 Å². The van der Waals surface area contributed by atoms with Crippen LogP contribution < -0.4 is 5.73 Å². The minimum atomic E-state index is 0.305. The molecule has 0 aliphatic heterocycles. The molecule has 76 valence electrons. The first-order valence-electron chi connectivity index (χ1n) is 5.21. The fourth-order valence-electron chi connectivity index (χ4n) is 1.44. The van der Waals surface area contributed by atoms with Crippen molar-refractivity contribution >= 4 is 5.91 Å². The lowest BCUT2D eigenvalue weighted by Gasteiger charge is -2.15. The molecule has 0 aromatic heterocycles. The number of carbonyl (C=O) groups is 1. The lowest BCUT2D eigenvalue weighted by atomic mass is 10.2. The summed E-state index contributed by atoms with van der Waals surface area (Å²) in [6, 6.07) is 0.557. The molecule has 1 aliphatic carbocycles. The summed E-state index contributed by atoms with van der Waals surface area (Å²) in [5, 5.41) is 0. The van der Waals surface area contributed by atoms with Crippen LogP contribution in [0.15, 0.2) is 0 Å². The fraction of sp³-hybridized carbons (Fsp3) is 0.900. The topological polar surface area (TPSA) is 46.3 Å². The average molecular weight is 184 g/mol. The molecule has 0 saturated heterocycles. The quantitative estimate of drug-likeness (QED) is 0.629. The van der Waals surface area contributed by atoms with Gasteiger partial charge in [-0.2, -0.15) is 0 Å². The molecule has 0 bridgehead atoms. The van der Waals surface area contributed by atoms with Gasteiger partial charge < -0.3 is 10.6 Å². The zero-order chi connectivity index (χ0) is 9.68. The lowest BCUT2D eigenvalue weighted by Crippen LogP contribution is -2.28. The van der Waals surface area contributed by atoms with E-state index in [4.69, 9.17) is 5.73 Å². The SMILES string of the molecule is CN(C(=O)CCCCCN)C1CC1. The molecule has 0 heterocycles. The maximum absolute atomic E-state index is 11.5. The van der Waals surface area contributed by atoms with Gasteiger partial charge in [0.15, 0.2) is 0 Å². The molecule has 0 unspecified atom stereocenters. The molecule has 1 fully saturated rings. The zero-order valence-corrected chi connectivity index (χ0v) is 8.46. The maximum Gasteiger partial charge on any atom is 0.222 e. The fourth-order valence-corrected chi connectivity index (χ4v) is 1.44. The van der Waals surface area contributed by atoms with Crippen LogP contribution in [0.4, 0.5) is 0 Å². The Balaban J connectivity index is 2.02. The minimum Gasteiger partial charge on any atom is -0.343 e. The normalized spacial score (nSPS) is 15.8. The van der Waals surface area contributed by atoms with Crippen LogP contribution in [0.3, 0.4) is 0 Å². The van der Waals surface area contributed by atoms with E-state index in [-0.39, 0.29) is 0 Å². The molecule has 1 rings (SSSR count). The summed E-state index contributed by atoms with van der Waals surface area (Å²) in [6.45, 7) is 0.743. The molecule has 0 aromatic rings. The molecule has 1 aliphatic rings. The molecule has 0 radical (unpaired) electrons. The first-order valence-corrected chi connectivity index (χ1v) is 5.21. The second kappa shape index (κ2) is 5.22. The van der Waals surface area contributed by atoms with Crippen LogP contribution in [0.1, 0.15) is 38.5 Å². The molecular formula is C10H20N2O. The van der Waals surface area contributed by atoms with Crippen molar-refractivity contribution in [3.63, 3.8) is 0 Å². The summed E-state index contributed by atoms with van der Waals surface area (Å²) in [4.78, 5) is 13.4. The molecule has 2 N–H and O–H groups in total. The highest BCUT2D eigenvalue weighted by molar-refractivity contribution is 5.76. The Kier molecular flexibility index (Phi) is 4.22. The monoisotopic (exact) mass is 184 g/mol. The van der Waals surface area contributed by atoms with Gasteiger partial charge >= 0.3 is 0 Å². The van der Waals surface area contributed by atoms with Crippen LogP contribution in [0, 0.1) is 0 Å². The van der Waals surface area contributed by atoms with Gasteiger partial charge in [-0.15, -0.1) is 0 Å². The van der Waals surface area contributed by atoms with Gasteiger partial charge in [0.05, 0.1) is 0 Å². The predicted octanol–water partition coefficient (Wildman–Crippen LogP) is 1.13. The Hall–Kier alpha value is -0.570. The Labute approximate surface area is 80.3 Å². The number of nitrogens with two attached hydrogens (primary N) is 1. The smallest absolute Gasteiger partial charge is 0.222 e. The van der Waals surface area contributed by atoms with Gasteiger partial charge in [0, 0.05) is 19.5 Å². The van der Waals surface area contributed by atoms with Crippen LogP contribution in [0.25, 0.3) is 0 Å². The van der Waals surface area contributed by atoms with Gasteiger partial charge in [0.25, 0.3) is 0 Å². The van der Waals surface area contributed by atoms with Crippen molar-refractivity contribution in [3.05, 3.63) is 0 Å². The number of hydrogen-bond acceptors (Lipinski definition) is 2. The first kappa shape index (κ1) is 10.5. The highest BCUT2D eigenvalue weighted by Gasteiger charge is 2.28. The summed E-state index contributed by atoms with van der Waals surface area (Å²) < 4.78 is 0. The van der Waals surface area contributed by atoms with Crippen LogP contribution in [0.2, 0.25) is 0 Å². The van der Waals surface area contributed by atoms with Gasteiger partial charge in [-0.1, -0.05) is 6.42 Å². The molecule has 1 amide bonds. The number of rotatable bonds is 6. The van der Waals surface area contributed by atoms with E-state index in [9.17, 15) is 4.79 Å². The molecule has 0 spiro atoms. The van der Waals surface area contributed by atoms with E-state index in [1.807, 2.05) is 11.9 Å². The number of unbranched alkanes of at least 4 members (excludes halogenated alkanes) is 2. The van der Waals surface area contributed by atoms with Gasteiger partial charge in [-0.3, -0.25) is 4.79 Å². The van der Waals surface area contributed by atoms with E-state index in [0.717, 1.165) is 25.8 Å². The van der Waals surface area contributed by atoms with Crippen molar-refractivity contribution in [1.82, 2.24) is 4.90 Å². The lowest BCUT2D eigenvalue weighted by molar-refractivity contribution is -0.130. The Bertz CT molecular complexity index is 166. The largest absolute Gasteiger partial charge is 0.343 e. The number of nitrogens with zero attached hydrogens (tertiary/aromatic N) is 1. The average Bonchev–Trinajstić information content (AvgIpc) is 2.94. The number of amides is 1. The van der Waals surface area contributed by atoms with Crippen molar-refractivity contribution in [2.45, 2.75) is 44.6 Å². The molecule has 3 heteroatoms. The first-order chi connectivity index (χ1) is 6.25. The molecule has 1 saturated carbocycles. The molecule has 3 nitrogen and oxygen atoms in total. The van der Waals surface area contributed by atoms with E-state index in [0.29, 0.717) is 18.4 Å². The highest BCUT2D eigenvalue weighted by atomic mass is 16.2. The zero-order valence-electron chi connectivity index (χ0n) is 8.46. The molecular weight excluding hydrogens is 164 g/mol. The van der Waals surface area contributed by atoms with Gasteiger partial charge in [0.1, 0.15) is 0 Å². The van der Waals surface area contributed by atoms with E-state index >= 15 is 0 Å². The van der Waals surface area contributed by atoms with Crippen molar-refractivity contribution in [2.24, 2.45) is 5.73 Å². The van der Waals surface area contributed by atoms with Gasteiger partial charge in [0.2, 0.25) is 5.91 Å². The number of hydrogen-bond donors (Lipinski definition) is 1. The van der Waals surface area contributed by atoms with Crippen molar-refractivity contribution < 1.29 is 4.79 Å². The summed E-state index contributed by atoms with van der Waals surface area (Å²) >= 11 is 0. The summed E-state index contributed by atoms with van der Waals surface area (Å²) in [7, 11) is 1.92. The van der Waals surface area contributed by atoms with Crippen LogP contribution in [0.5, 0.6) is 0 Å². The Morgan fingerprint density at radius 3 is 2.62 bits per heavy atom. The Morgan fingerprint density at radius 1 is 1.38 bits per heavy atom. The van der Waals surface area contributed by atoms with Crippen LogP contribution in [-0.2, 0) is 4.79 Å². The third-order valence-corrected chi connectivity index (χ3v) is 2.58. The van der Waals surface area contributed by atoms with Crippen molar-refractivity contribution in [1.29, 1.82) is 0 Å². The van der Waals surface area contributed by atoms with E-state index < -0.39 is 0 Å². The standard InChI is InChI=1S/C10H20N2O/c1-12(9-6-7-9)10(13)5-3-2-4-8-11/h9H,2-8,11H2,1H3. The van der Waals surface area contributed by atoms with Gasteiger partial charge in [-0.25, -0.2) is 0 Å². The van der Waals surface area contributed by atoms with Crippen molar-refractivity contribution in [3.8, 4) is 0 Å². The third kappa shape index (κ3) is 3.77. The van der Waals surface area contributed by atoms with Crippen LogP contribution >= 0.6 is 0 Å². The predicted molar refractivity (Wildman–Crippen MR) is 53.3 cm³/mol. The minimum absolute atomic E-state index is 0.305. The van der Waals surface area contributed by atoms with Gasteiger partial charge in [-0.05, 0) is 32.2 Å². The third-order valence-electron chi connectivity index (χ3n) is 2.58.